The molecule has 0 radical (unpaired) electrons. The largest absolute Gasteiger partial charge is 0.489 e. The molecule has 0 heterocycles. The zero-order valence-corrected chi connectivity index (χ0v) is 26.8. The SMILES string of the molecule is CCOc1c(OCC)c2cc(C(=O)C(=NO)C(=O)c3ccc4c(c3)c(OCC)c(OCC)c3ccccc34)ccc2c2ccccc12. The maximum atomic E-state index is 13.9. The summed E-state index contributed by atoms with van der Waals surface area (Å²) in [7, 11) is 0. The topological polar surface area (TPSA) is 104 Å². The highest BCUT2D eigenvalue weighted by Crippen LogP contribution is 2.45. The first-order valence-corrected chi connectivity index (χ1v) is 15.8. The van der Waals surface area contributed by atoms with Gasteiger partial charge in [-0.25, -0.2) is 0 Å². The molecule has 0 aliphatic carbocycles. The number of benzene rings is 6. The Bertz CT molecular complexity index is 2050. The Morgan fingerprint density at radius 1 is 0.489 bits per heavy atom. The van der Waals surface area contributed by atoms with Crippen LogP contribution in [0.1, 0.15) is 48.4 Å². The number of fused-ring (bicyclic) bond motifs is 6. The van der Waals surface area contributed by atoms with E-state index in [1.165, 1.54) is 0 Å². The van der Waals surface area contributed by atoms with Gasteiger partial charge in [-0.1, -0.05) is 78.0 Å². The second-order valence-corrected chi connectivity index (χ2v) is 10.8. The van der Waals surface area contributed by atoms with Crippen molar-refractivity contribution in [1.82, 2.24) is 0 Å². The zero-order valence-electron chi connectivity index (χ0n) is 26.8. The van der Waals surface area contributed by atoms with Crippen molar-refractivity contribution in [3.8, 4) is 23.0 Å². The summed E-state index contributed by atoms with van der Waals surface area (Å²) in [6, 6.07) is 25.8. The summed E-state index contributed by atoms with van der Waals surface area (Å²) in [6.07, 6.45) is 0. The minimum atomic E-state index is -0.730. The molecule has 0 aromatic heterocycles. The Morgan fingerprint density at radius 2 is 0.809 bits per heavy atom. The molecule has 8 heteroatoms. The van der Waals surface area contributed by atoms with Crippen molar-refractivity contribution in [1.29, 1.82) is 0 Å². The lowest BCUT2D eigenvalue weighted by Gasteiger charge is -2.18. The van der Waals surface area contributed by atoms with Crippen LogP contribution in [0.2, 0.25) is 0 Å². The molecule has 0 fully saturated rings. The number of hydrogen-bond acceptors (Lipinski definition) is 8. The van der Waals surface area contributed by atoms with Crippen molar-refractivity contribution in [3.05, 3.63) is 96.1 Å². The van der Waals surface area contributed by atoms with E-state index in [9.17, 15) is 14.8 Å². The second-order valence-electron chi connectivity index (χ2n) is 10.8. The molecule has 0 aliphatic rings. The van der Waals surface area contributed by atoms with E-state index in [1.54, 1.807) is 24.3 Å². The van der Waals surface area contributed by atoms with E-state index in [-0.39, 0.29) is 11.1 Å². The number of ketones is 2. The molecule has 6 aromatic rings. The van der Waals surface area contributed by atoms with Gasteiger partial charge in [-0.2, -0.15) is 0 Å². The molecule has 8 nitrogen and oxygen atoms in total. The van der Waals surface area contributed by atoms with Crippen molar-refractivity contribution in [2.24, 2.45) is 5.16 Å². The van der Waals surface area contributed by atoms with Crippen LogP contribution in [0.25, 0.3) is 43.1 Å². The van der Waals surface area contributed by atoms with Crippen molar-refractivity contribution in [2.45, 2.75) is 27.7 Å². The van der Waals surface area contributed by atoms with E-state index in [0.717, 1.165) is 32.3 Å². The molecule has 47 heavy (non-hydrogen) atoms. The average Bonchev–Trinajstić information content (AvgIpc) is 3.11. The van der Waals surface area contributed by atoms with Crippen LogP contribution in [0.3, 0.4) is 0 Å². The van der Waals surface area contributed by atoms with Gasteiger partial charge < -0.3 is 24.2 Å². The van der Waals surface area contributed by atoms with Crippen LogP contribution in [0.5, 0.6) is 23.0 Å². The minimum Gasteiger partial charge on any atom is -0.489 e. The van der Waals surface area contributed by atoms with Gasteiger partial charge in [-0.05, 0) is 61.4 Å². The number of ether oxygens (including phenoxy) is 4. The standard InChI is InChI=1S/C39H35NO7/c1-5-44-36-29-15-11-9-13-25(29)27-19-17-23(21-31(27)38(36)46-7-3)34(41)33(40-43)35(42)24-18-20-28-26-14-10-12-16-30(26)37(45-6-2)39(47-8-4)32(28)22-24/h9-22,43H,5-8H2,1-4H3. The summed E-state index contributed by atoms with van der Waals surface area (Å²) in [6.45, 7) is 9.14. The number of rotatable bonds is 12. The molecule has 0 saturated carbocycles. The number of hydrogen-bond donors (Lipinski definition) is 1. The molecular formula is C39H35NO7. The maximum Gasteiger partial charge on any atom is 0.218 e. The third-order valence-corrected chi connectivity index (χ3v) is 8.07. The summed E-state index contributed by atoms with van der Waals surface area (Å²) in [5.74, 6) is 0.700. The Kier molecular flexibility index (Phi) is 8.93. The summed E-state index contributed by atoms with van der Waals surface area (Å²) in [5.41, 5.74) is -0.285. The second kappa shape index (κ2) is 13.4. The fraction of sp³-hybridized carbons (Fsp3) is 0.205. The highest BCUT2D eigenvalue weighted by molar-refractivity contribution is 6.71. The van der Waals surface area contributed by atoms with Gasteiger partial charge in [-0.3, -0.25) is 9.59 Å². The fourth-order valence-electron chi connectivity index (χ4n) is 6.16. The van der Waals surface area contributed by atoms with E-state index in [2.05, 4.69) is 5.16 Å². The predicted molar refractivity (Wildman–Crippen MR) is 185 cm³/mol. The van der Waals surface area contributed by atoms with Gasteiger partial charge in [0.05, 0.1) is 26.4 Å². The number of oxime groups is 1. The molecule has 6 aromatic carbocycles. The van der Waals surface area contributed by atoms with Crippen LogP contribution in [-0.2, 0) is 0 Å². The van der Waals surface area contributed by atoms with Gasteiger partial charge >= 0.3 is 0 Å². The first-order chi connectivity index (χ1) is 23.0. The molecule has 1 N–H and O–H groups in total. The Balaban J connectivity index is 1.47. The quantitative estimate of drug-likeness (QED) is 0.0360. The summed E-state index contributed by atoms with van der Waals surface area (Å²) in [4.78, 5) is 27.8. The van der Waals surface area contributed by atoms with Crippen molar-refractivity contribution < 1.29 is 33.7 Å². The summed E-state index contributed by atoms with van der Waals surface area (Å²) in [5, 5.41) is 19.9. The number of nitrogens with zero attached hydrogens (tertiary/aromatic N) is 1. The Labute approximate surface area is 272 Å². The molecule has 0 atom stereocenters. The average molecular weight is 630 g/mol. The first kappa shape index (κ1) is 31.4. The van der Waals surface area contributed by atoms with E-state index in [0.29, 0.717) is 60.2 Å². The molecule has 0 unspecified atom stereocenters. The van der Waals surface area contributed by atoms with Gasteiger partial charge in [0.1, 0.15) is 0 Å². The van der Waals surface area contributed by atoms with E-state index >= 15 is 0 Å². The Hall–Kier alpha value is -5.63. The number of carbonyl (C=O) groups excluding carboxylic acids is 2. The molecule has 0 aliphatic heterocycles. The van der Waals surface area contributed by atoms with Crippen LogP contribution >= 0.6 is 0 Å². The van der Waals surface area contributed by atoms with Crippen LogP contribution in [0.4, 0.5) is 0 Å². The van der Waals surface area contributed by atoms with E-state index in [4.69, 9.17) is 18.9 Å². The highest BCUT2D eigenvalue weighted by atomic mass is 16.5. The third-order valence-electron chi connectivity index (χ3n) is 8.07. The van der Waals surface area contributed by atoms with Crippen molar-refractivity contribution in [2.75, 3.05) is 26.4 Å². The summed E-state index contributed by atoms with van der Waals surface area (Å²) >= 11 is 0. The van der Waals surface area contributed by atoms with Crippen LogP contribution < -0.4 is 18.9 Å². The molecule has 0 spiro atoms. The number of Topliss-reactive ketones (excluding diaryl/α,β-unsaturated/α-hetero) is 2. The zero-order chi connectivity index (χ0) is 33.1. The molecule has 6 rings (SSSR count). The maximum absolute atomic E-state index is 13.9. The smallest absolute Gasteiger partial charge is 0.218 e. The number of carbonyl (C=O) groups is 2. The molecular weight excluding hydrogens is 594 g/mol. The lowest BCUT2D eigenvalue weighted by Crippen LogP contribution is -2.24. The first-order valence-electron chi connectivity index (χ1n) is 15.8. The predicted octanol–water partition coefficient (Wildman–Crippen LogP) is 8.79. The van der Waals surface area contributed by atoms with E-state index in [1.807, 2.05) is 88.4 Å². The van der Waals surface area contributed by atoms with Gasteiger partial charge in [-0.15, -0.1) is 0 Å². The van der Waals surface area contributed by atoms with Gasteiger partial charge in [0.2, 0.25) is 11.6 Å². The molecule has 238 valence electrons. The van der Waals surface area contributed by atoms with Gasteiger partial charge in [0.15, 0.2) is 28.7 Å². The molecule has 0 bridgehead atoms. The minimum absolute atomic E-state index is 0.165. The van der Waals surface area contributed by atoms with Crippen LogP contribution in [0, 0.1) is 0 Å². The Morgan fingerprint density at radius 3 is 1.15 bits per heavy atom. The monoisotopic (exact) mass is 629 g/mol. The summed E-state index contributed by atoms with van der Waals surface area (Å²) < 4.78 is 24.2. The third kappa shape index (κ3) is 5.46. The lowest BCUT2D eigenvalue weighted by molar-refractivity contribution is 0.101. The normalized spacial score (nSPS) is 11.1. The highest BCUT2D eigenvalue weighted by Gasteiger charge is 2.27. The van der Waals surface area contributed by atoms with Crippen molar-refractivity contribution in [3.63, 3.8) is 0 Å². The molecule has 0 saturated heterocycles. The van der Waals surface area contributed by atoms with E-state index < -0.39 is 17.3 Å². The van der Waals surface area contributed by atoms with Gasteiger partial charge in [0, 0.05) is 32.7 Å². The van der Waals surface area contributed by atoms with Crippen LogP contribution in [0.15, 0.2) is 90.1 Å². The van der Waals surface area contributed by atoms with Crippen LogP contribution in [-0.4, -0.2) is 48.9 Å². The lowest BCUT2D eigenvalue weighted by atomic mass is 9.93. The van der Waals surface area contributed by atoms with Crippen molar-refractivity contribution >= 4 is 60.4 Å². The molecule has 0 amide bonds. The fourth-order valence-corrected chi connectivity index (χ4v) is 6.16. The van der Waals surface area contributed by atoms with Gasteiger partial charge in [0.25, 0.3) is 0 Å².